The summed E-state index contributed by atoms with van der Waals surface area (Å²) >= 11 is 0. The van der Waals surface area contributed by atoms with E-state index in [1.807, 2.05) is 7.05 Å². The molecule has 1 aliphatic rings. The van der Waals surface area contributed by atoms with Crippen LogP contribution in [0.25, 0.3) is 0 Å². The quantitative estimate of drug-likeness (QED) is 0.657. The van der Waals surface area contributed by atoms with E-state index in [1.54, 1.807) is 0 Å². The molecule has 1 unspecified atom stereocenters. The molecule has 1 atom stereocenters. The van der Waals surface area contributed by atoms with Crippen molar-refractivity contribution in [2.24, 2.45) is 10.9 Å². The Kier molecular flexibility index (Phi) is 6.67. The molecule has 0 spiro atoms. The van der Waals surface area contributed by atoms with Crippen molar-refractivity contribution in [3.8, 4) is 0 Å². The average molecular weight is 331 g/mol. The molecule has 0 amide bonds. The third kappa shape index (κ3) is 6.52. The minimum Gasteiger partial charge on any atom is -0.352 e. The number of nitrogens with zero attached hydrogens (tertiary/aromatic N) is 2. The molecule has 0 saturated carbocycles. The van der Waals surface area contributed by atoms with Crippen molar-refractivity contribution < 1.29 is 0 Å². The minimum absolute atomic E-state index is 0.0112. The lowest BCUT2D eigenvalue weighted by Gasteiger charge is -2.30. The maximum absolute atomic E-state index is 4.28. The van der Waals surface area contributed by atoms with E-state index in [0.717, 1.165) is 25.0 Å². The summed E-state index contributed by atoms with van der Waals surface area (Å²) < 4.78 is 0. The topological polar surface area (TPSA) is 39.7 Å². The third-order valence-corrected chi connectivity index (χ3v) is 4.35. The Bertz CT molecular complexity index is 528. The fraction of sp³-hybridized carbons (Fsp3) is 0.650. The van der Waals surface area contributed by atoms with E-state index in [1.165, 1.54) is 37.1 Å². The molecule has 4 heteroatoms. The maximum Gasteiger partial charge on any atom is 0.191 e. The van der Waals surface area contributed by atoms with Crippen LogP contribution in [0.3, 0.4) is 0 Å². The second kappa shape index (κ2) is 8.52. The predicted molar refractivity (Wildman–Crippen MR) is 103 cm³/mol. The van der Waals surface area contributed by atoms with E-state index in [9.17, 15) is 0 Å². The highest BCUT2D eigenvalue weighted by Crippen LogP contribution is 2.18. The van der Waals surface area contributed by atoms with Crippen LogP contribution < -0.4 is 10.6 Å². The Morgan fingerprint density at radius 3 is 2.46 bits per heavy atom. The predicted octanol–water partition coefficient (Wildman–Crippen LogP) is 3.38. The van der Waals surface area contributed by atoms with Gasteiger partial charge in [0.2, 0.25) is 0 Å². The van der Waals surface area contributed by atoms with Crippen molar-refractivity contribution in [1.82, 2.24) is 15.5 Å². The van der Waals surface area contributed by atoms with Gasteiger partial charge in [0.1, 0.15) is 0 Å². The van der Waals surface area contributed by atoms with E-state index >= 15 is 0 Å². The van der Waals surface area contributed by atoms with E-state index in [2.05, 4.69) is 72.5 Å². The highest BCUT2D eigenvalue weighted by atomic mass is 15.2. The van der Waals surface area contributed by atoms with Crippen LogP contribution in [0.5, 0.6) is 0 Å². The molecule has 0 aliphatic carbocycles. The van der Waals surface area contributed by atoms with E-state index in [0.29, 0.717) is 0 Å². The number of guanidine groups is 1. The number of nitrogens with one attached hydrogen (secondary N) is 2. The largest absolute Gasteiger partial charge is 0.352 e. The number of aliphatic imine (C=N–C) groups is 1. The van der Waals surface area contributed by atoms with Crippen molar-refractivity contribution in [3.63, 3.8) is 0 Å². The molecule has 0 radical (unpaired) electrons. The fourth-order valence-electron chi connectivity index (χ4n) is 3.17. The normalized spacial score (nSPS) is 20.0. The first-order valence-corrected chi connectivity index (χ1v) is 9.15. The molecule has 1 aromatic carbocycles. The molecule has 2 N–H and O–H groups in total. The number of likely N-dealkylation sites (tertiary alicyclic amines) is 1. The van der Waals surface area contributed by atoms with Crippen LogP contribution in [-0.4, -0.2) is 36.5 Å². The first-order chi connectivity index (χ1) is 11.4. The average Bonchev–Trinajstić information content (AvgIpc) is 2.52. The molecule has 1 heterocycles. The van der Waals surface area contributed by atoms with Gasteiger partial charge in [-0.05, 0) is 57.2 Å². The third-order valence-electron chi connectivity index (χ3n) is 4.35. The number of rotatable bonds is 4. The van der Waals surface area contributed by atoms with Gasteiger partial charge >= 0.3 is 0 Å². The number of benzene rings is 1. The molecule has 4 nitrogen and oxygen atoms in total. The Balaban J connectivity index is 1.83. The van der Waals surface area contributed by atoms with Gasteiger partial charge in [0, 0.05) is 32.2 Å². The van der Waals surface area contributed by atoms with Crippen LogP contribution in [0.15, 0.2) is 29.3 Å². The summed E-state index contributed by atoms with van der Waals surface area (Å²) in [6.07, 6.45) is 2.72. The van der Waals surface area contributed by atoms with Gasteiger partial charge in [-0.15, -0.1) is 0 Å². The summed E-state index contributed by atoms with van der Waals surface area (Å²) in [6, 6.07) is 8.96. The molecular weight excluding hydrogens is 296 g/mol. The highest BCUT2D eigenvalue weighted by molar-refractivity contribution is 5.80. The lowest BCUT2D eigenvalue weighted by Crippen LogP contribution is -2.47. The smallest absolute Gasteiger partial charge is 0.191 e. The Labute approximate surface area is 147 Å². The summed E-state index contributed by atoms with van der Waals surface area (Å²) in [5.74, 6) is 1.68. The monoisotopic (exact) mass is 330 g/mol. The highest BCUT2D eigenvalue weighted by Gasteiger charge is 2.16. The molecule has 1 saturated heterocycles. The standard InChI is InChI=1S/C20H34N4/c1-16-7-6-12-24(14-16)15-18-10-8-17(9-11-18)13-22-19(21-5)23-20(2,3)4/h8-11,16H,6-7,12-15H2,1-5H3,(H2,21,22,23). The summed E-state index contributed by atoms with van der Waals surface area (Å²) in [5, 5.41) is 6.76. The molecule has 2 rings (SSSR count). The lowest BCUT2D eigenvalue weighted by atomic mass is 9.99. The Hall–Kier alpha value is -1.55. The van der Waals surface area contributed by atoms with Gasteiger partial charge in [-0.25, -0.2) is 0 Å². The molecule has 134 valence electrons. The molecule has 0 aromatic heterocycles. The zero-order valence-electron chi connectivity index (χ0n) is 16.0. The van der Waals surface area contributed by atoms with Crippen molar-refractivity contribution >= 4 is 5.96 Å². The Morgan fingerprint density at radius 1 is 1.21 bits per heavy atom. The van der Waals surface area contributed by atoms with Gasteiger partial charge in [-0.3, -0.25) is 9.89 Å². The number of hydrogen-bond acceptors (Lipinski definition) is 2. The van der Waals surface area contributed by atoms with Crippen molar-refractivity contribution in [2.45, 2.75) is 59.2 Å². The number of piperidine rings is 1. The van der Waals surface area contributed by atoms with Crippen LogP contribution >= 0.6 is 0 Å². The number of hydrogen-bond donors (Lipinski definition) is 2. The van der Waals surface area contributed by atoms with E-state index < -0.39 is 0 Å². The minimum atomic E-state index is 0.0112. The summed E-state index contributed by atoms with van der Waals surface area (Å²) in [5.41, 5.74) is 2.70. The summed E-state index contributed by atoms with van der Waals surface area (Å²) in [4.78, 5) is 6.86. The van der Waals surface area contributed by atoms with Crippen molar-refractivity contribution in [3.05, 3.63) is 35.4 Å². The van der Waals surface area contributed by atoms with E-state index in [-0.39, 0.29) is 5.54 Å². The molecule has 24 heavy (non-hydrogen) atoms. The van der Waals surface area contributed by atoms with Gasteiger partial charge in [0.15, 0.2) is 5.96 Å². The van der Waals surface area contributed by atoms with Gasteiger partial charge < -0.3 is 10.6 Å². The van der Waals surface area contributed by atoms with Crippen LogP contribution in [-0.2, 0) is 13.1 Å². The molecule has 1 aliphatic heterocycles. The van der Waals surface area contributed by atoms with Gasteiger partial charge in [-0.1, -0.05) is 31.2 Å². The van der Waals surface area contributed by atoms with Crippen LogP contribution in [0.1, 0.15) is 51.7 Å². The van der Waals surface area contributed by atoms with Crippen molar-refractivity contribution in [1.29, 1.82) is 0 Å². The van der Waals surface area contributed by atoms with Gasteiger partial charge in [-0.2, -0.15) is 0 Å². The van der Waals surface area contributed by atoms with Gasteiger partial charge in [0.05, 0.1) is 0 Å². The molecule has 1 fully saturated rings. The summed E-state index contributed by atoms with van der Waals surface area (Å²) in [6.45, 7) is 13.1. The molecule has 0 bridgehead atoms. The first-order valence-electron chi connectivity index (χ1n) is 9.15. The van der Waals surface area contributed by atoms with Gasteiger partial charge in [0.25, 0.3) is 0 Å². The van der Waals surface area contributed by atoms with Crippen LogP contribution in [0.4, 0.5) is 0 Å². The maximum atomic E-state index is 4.28. The van der Waals surface area contributed by atoms with E-state index in [4.69, 9.17) is 0 Å². The SMILES string of the molecule is CN=C(NCc1ccc(CN2CCCC(C)C2)cc1)NC(C)(C)C. The molecule has 1 aromatic rings. The Morgan fingerprint density at radius 2 is 1.88 bits per heavy atom. The second-order valence-electron chi connectivity index (χ2n) is 8.10. The molecular formula is C20H34N4. The second-order valence-corrected chi connectivity index (χ2v) is 8.10. The zero-order valence-corrected chi connectivity index (χ0v) is 16.0. The van der Waals surface area contributed by atoms with Crippen molar-refractivity contribution in [2.75, 3.05) is 20.1 Å². The van der Waals surface area contributed by atoms with Crippen LogP contribution in [0, 0.1) is 5.92 Å². The lowest BCUT2D eigenvalue weighted by molar-refractivity contribution is 0.176. The first kappa shape index (κ1) is 18.8. The summed E-state index contributed by atoms with van der Waals surface area (Å²) in [7, 11) is 1.81. The zero-order chi connectivity index (χ0) is 17.6. The van der Waals surface area contributed by atoms with Crippen LogP contribution in [0.2, 0.25) is 0 Å². The fourth-order valence-corrected chi connectivity index (χ4v) is 3.17.